The Labute approximate surface area is 184 Å². The molecule has 2 heterocycles. The Bertz CT molecular complexity index is 1310. The maximum Gasteiger partial charge on any atom is 0.336 e. The third-order valence-electron chi connectivity index (χ3n) is 5.91. The van der Waals surface area contributed by atoms with Gasteiger partial charge in [0.1, 0.15) is 23.9 Å². The molecular formula is C26H23FNO4+. The fourth-order valence-electron chi connectivity index (χ4n) is 4.19. The fourth-order valence-corrected chi connectivity index (χ4v) is 4.19. The van der Waals surface area contributed by atoms with Gasteiger partial charge in [-0.2, -0.15) is 0 Å². The maximum atomic E-state index is 13.2. The molecule has 32 heavy (non-hydrogen) atoms. The molecule has 3 aromatic carbocycles. The molecule has 1 aliphatic rings. The number of halogens is 1. The molecule has 0 aliphatic carbocycles. The Balaban J connectivity index is 1.47. The van der Waals surface area contributed by atoms with Crippen molar-refractivity contribution in [2.75, 3.05) is 20.4 Å². The normalized spacial score (nSPS) is 15.2. The van der Waals surface area contributed by atoms with Crippen LogP contribution >= 0.6 is 0 Å². The highest BCUT2D eigenvalue weighted by molar-refractivity contribution is 5.95. The molecule has 1 unspecified atom stereocenters. The van der Waals surface area contributed by atoms with Gasteiger partial charge in [-0.25, -0.2) is 9.18 Å². The number of hydrogen-bond acceptors (Lipinski definition) is 4. The monoisotopic (exact) mass is 432 g/mol. The SMILES string of the molecule is COc1ccc(-c2cc(=O)oc3c4c(ccc23)OC[NH+](CCc2ccc(F)cc2)C4)cc1. The summed E-state index contributed by atoms with van der Waals surface area (Å²) in [6.45, 7) is 2.04. The first-order chi connectivity index (χ1) is 15.6. The van der Waals surface area contributed by atoms with Gasteiger partial charge in [0, 0.05) is 17.9 Å². The summed E-state index contributed by atoms with van der Waals surface area (Å²) in [5, 5.41) is 0.872. The van der Waals surface area contributed by atoms with Gasteiger partial charge in [0.15, 0.2) is 5.58 Å². The zero-order valence-electron chi connectivity index (χ0n) is 17.7. The van der Waals surface area contributed by atoms with Gasteiger partial charge < -0.3 is 13.9 Å². The molecule has 0 spiro atoms. The van der Waals surface area contributed by atoms with Crippen LogP contribution in [0.2, 0.25) is 0 Å². The van der Waals surface area contributed by atoms with Crippen molar-refractivity contribution in [1.82, 2.24) is 0 Å². The number of methoxy groups -OCH3 is 1. The highest BCUT2D eigenvalue weighted by Crippen LogP contribution is 2.34. The molecule has 5 rings (SSSR count). The van der Waals surface area contributed by atoms with Crippen molar-refractivity contribution in [3.8, 4) is 22.6 Å². The van der Waals surface area contributed by atoms with Gasteiger partial charge in [0.25, 0.3) is 0 Å². The Morgan fingerprint density at radius 2 is 1.81 bits per heavy atom. The highest BCUT2D eigenvalue weighted by Gasteiger charge is 2.25. The summed E-state index contributed by atoms with van der Waals surface area (Å²) in [4.78, 5) is 13.7. The Hall–Kier alpha value is -3.64. The van der Waals surface area contributed by atoms with Crippen molar-refractivity contribution in [2.24, 2.45) is 0 Å². The Morgan fingerprint density at radius 3 is 2.56 bits per heavy atom. The summed E-state index contributed by atoms with van der Waals surface area (Å²) in [6.07, 6.45) is 0.806. The second-order valence-electron chi connectivity index (χ2n) is 7.97. The maximum absolute atomic E-state index is 13.2. The summed E-state index contributed by atoms with van der Waals surface area (Å²) < 4.78 is 30.1. The lowest BCUT2D eigenvalue weighted by molar-refractivity contribution is -0.932. The molecule has 1 aliphatic heterocycles. The molecule has 0 bridgehead atoms. The van der Waals surface area contributed by atoms with Crippen molar-refractivity contribution in [1.29, 1.82) is 0 Å². The van der Waals surface area contributed by atoms with Crippen LogP contribution in [0.1, 0.15) is 11.1 Å². The van der Waals surface area contributed by atoms with E-state index in [-0.39, 0.29) is 5.82 Å². The average molecular weight is 432 g/mol. The number of quaternary nitrogens is 1. The van der Waals surface area contributed by atoms with Gasteiger partial charge in [0.2, 0.25) is 6.73 Å². The first-order valence-corrected chi connectivity index (χ1v) is 10.6. The Morgan fingerprint density at radius 1 is 1.03 bits per heavy atom. The van der Waals surface area contributed by atoms with E-state index in [0.717, 1.165) is 52.1 Å². The summed E-state index contributed by atoms with van der Waals surface area (Å²) >= 11 is 0. The topological polar surface area (TPSA) is 53.1 Å². The standard InChI is InChI=1S/C26H22FNO4/c1-30-20-8-4-18(5-9-20)22-14-25(29)32-26-21(22)10-11-24-23(26)15-28(16-31-24)13-12-17-2-6-19(27)7-3-17/h2-11,14H,12-13,15-16H2,1H3/p+1. The van der Waals surface area contributed by atoms with Crippen molar-refractivity contribution in [2.45, 2.75) is 13.0 Å². The quantitative estimate of drug-likeness (QED) is 0.490. The smallest absolute Gasteiger partial charge is 0.336 e. The third kappa shape index (κ3) is 3.97. The van der Waals surface area contributed by atoms with Crippen LogP contribution in [-0.2, 0) is 13.0 Å². The average Bonchev–Trinajstić information content (AvgIpc) is 2.83. The number of fused-ring (bicyclic) bond motifs is 3. The number of benzene rings is 3. The summed E-state index contributed by atoms with van der Waals surface area (Å²) in [7, 11) is 1.62. The molecule has 162 valence electrons. The van der Waals surface area contributed by atoms with Crippen LogP contribution < -0.4 is 20.0 Å². The van der Waals surface area contributed by atoms with Crippen LogP contribution in [0.3, 0.4) is 0 Å². The van der Waals surface area contributed by atoms with E-state index in [1.807, 2.05) is 48.5 Å². The first kappa shape index (κ1) is 20.3. The minimum Gasteiger partial charge on any atom is -0.497 e. The van der Waals surface area contributed by atoms with E-state index < -0.39 is 5.63 Å². The van der Waals surface area contributed by atoms with Gasteiger partial charge in [0.05, 0.1) is 19.2 Å². The molecule has 4 aromatic rings. The lowest BCUT2D eigenvalue weighted by Crippen LogP contribution is -3.12. The van der Waals surface area contributed by atoms with Crippen LogP contribution in [0.15, 0.2) is 75.9 Å². The first-order valence-electron chi connectivity index (χ1n) is 10.6. The van der Waals surface area contributed by atoms with Gasteiger partial charge >= 0.3 is 5.63 Å². The Kier molecular flexibility index (Phi) is 5.37. The van der Waals surface area contributed by atoms with E-state index in [9.17, 15) is 9.18 Å². The highest BCUT2D eigenvalue weighted by atomic mass is 19.1. The summed E-state index contributed by atoms with van der Waals surface area (Å²) in [5.41, 5.74) is 3.89. The molecule has 6 heteroatoms. The lowest BCUT2D eigenvalue weighted by atomic mass is 9.99. The second kappa shape index (κ2) is 8.48. The molecule has 0 saturated carbocycles. The van der Waals surface area contributed by atoms with Crippen LogP contribution in [-0.4, -0.2) is 20.4 Å². The van der Waals surface area contributed by atoms with E-state index in [4.69, 9.17) is 13.9 Å². The van der Waals surface area contributed by atoms with Crippen LogP contribution in [0, 0.1) is 5.82 Å². The summed E-state index contributed by atoms with van der Waals surface area (Å²) in [6, 6.07) is 19.6. The molecule has 0 radical (unpaired) electrons. The van der Waals surface area contributed by atoms with E-state index in [1.165, 1.54) is 23.1 Å². The fraction of sp³-hybridized carbons (Fsp3) is 0.192. The predicted octanol–water partition coefficient (Wildman–Crippen LogP) is 3.59. The van der Waals surface area contributed by atoms with Crippen LogP contribution in [0.5, 0.6) is 11.5 Å². The predicted molar refractivity (Wildman–Crippen MR) is 120 cm³/mol. The lowest BCUT2D eigenvalue weighted by Gasteiger charge is -2.26. The largest absolute Gasteiger partial charge is 0.497 e. The van der Waals surface area contributed by atoms with E-state index >= 15 is 0 Å². The number of nitrogens with one attached hydrogen (secondary N) is 1. The van der Waals surface area contributed by atoms with Crippen molar-refractivity contribution >= 4 is 11.0 Å². The molecule has 0 fully saturated rings. The van der Waals surface area contributed by atoms with E-state index in [1.54, 1.807) is 7.11 Å². The van der Waals surface area contributed by atoms with E-state index in [0.29, 0.717) is 18.9 Å². The number of ether oxygens (including phenoxy) is 2. The number of hydrogen-bond donors (Lipinski definition) is 1. The van der Waals surface area contributed by atoms with Crippen molar-refractivity contribution in [3.63, 3.8) is 0 Å². The minimum atomic E-state index is -0.393. The van der Waals surface area contributed by atoms with Crippen LogP contribution in [0.25, 0.3) is 22.1 Å². The van der Waals surface area contributed by atoms with Crippen molar-refractivity contribution < 1.29 is 23.2 Å². The van der Waals surface area contributed by atoms with Gasteiger partial charge in [-0.05, 0) is 53.1 Å². The van der Waals surface area contributed by atoms with Gasteiger partial charge in [-0.3, -0.25) is 4.90 Å². The van der Waals surface area contributed by atoms with E-state index in [2.05, 4.69) is 0 Å². The number of rotatable bonds is 5. The van der Waals surface area contributed by atoms with Gasteiger partial charge in [-0.15, -0.1) is 0 Å². The molecule has 1 N–H and O–H groups in total. The molecule has 1 aromatic heterocycles. The van der Waals surface area contributed by atoms with Crippen molar-refractivity contribution in [3.05, 3.63) is 94.1 Å². The molecule has 0 saturated heterocycles. The zero-order valence-corrected chi connectivity index (χ0v) is 17.7. The third-order valence-corrected chi connectivity index (χ3v) is 5.91. The second-order valence-corrected chi connectivity index (χ2v) is 7.97. The molecule has 0 amide bonds. The van der Waals surface area contributed by atoms with Gasteiger partial charge in [-0.1, -0.05) is 24.3 Å². The summed E-state index contributed by atoms with van der Waals surface area (Å²) in [5.74, 6) is 1.27. The zero-order chi connectivity index (χ0) is 22.1. The van der Waals surface area contributed by atoms with Crippen LogP contribution in [0.4, 0.5) is 4.39 Å². The molecule has 1 atom stereocenters. The molecule has 5 nitrogen and oxygen atoms in total. The minimum absolute atomic E-state index is 0.231. The molecular weight excluding hydrogens is 409 g/mol.